The standard InChI is InChI=1S/C19H15F3N2O2/c20-19(21,22)26-17-8-6-14(10-16(17)23)15-7-9-18(24-11-15)25-12-13-4-2-1-3-5-13/h1-11H,12,23H2. The number of halogens is 3. The largest absolute Gasteiger partial charge is 0.573 e. The highest BCUT2D eigenvalue weighted by Gasteiger charge is 2.31. The fraction of sp³-hybridized carbons (Fsp3) is 0.105. The molecule has 0 fully saturated rings. The highest BCUT2D eigenvalue weighted by Crippen LogP contribution is 2.32. The van der Waals surface area contributed by atoms with Gasteiger partial charge in [0.1, 0.15) is 6.61 Å². The third-order valence-electron chi connectivity index (χ3n) is 3.53. The van der Waals surface area contributed by atoms with E-state index in [1.54, 1.807) is 18.3 Å². The van der Waals surface area contributed by atoms with Gasteiger partial charge < -0.3 is 15.2 Å². The first-order valence-electron chi connectivity index (χ1n) is 7.69. The van der Waals surface area contributed by atoms with Crippen molar-refractivity contribution in [2.24, 2.45) is 0 Å². The molecule has 0 spiro atoms. The Morgan fingerprint density at radius 2 is 1.65 bits per heavy atom. The molecule has 0 amide bonds. The molecule has 3 rings (SSSR count). The van der Waals surface area contributed by atoms with Crippen LogP contribution >= 0.6 is 0 Å². The lowest BCUT2D eigenvalue weighted by molar-refractivity contribution is -0.274. The van der Waals surface area contributed by atoms with E-state index < -0.39 is 12.1 Å². The van der Waals surface area contributed by atoms with Gasteiger partial charge in [-0.25, -0.2) is 4.98 Å². The summed E-state index contributed by atoms with van der Waals surface area (Å²) >= 11 is 0. The van der Waals surface area contributed by atoms with E-state index in [2.05, 4.69) is 9.72 Å². The topological polar surface area (TPSA) is 57.4 Å². The monoisotopic (exact) mass is 360 g/mol. The first-order chi connectivity index (χ1) is 12.4. The second-order valence-electron chi connectivity index (χ2n) is 5.46. The Bertz CT molecular complexity index is 866. The summed E-state index contributed by atoms with van der Waals surface area (Å²) in [6, 6.07) is 17.2. The van der Waals surface area contributed by atoms with Gasteiger partial charge in [-0.2, -0.15) is 0 Å². The number of alkyl halides is 3. The van der Waals surface area contributed by atoms with E-state index in [-0.39, 0.29) is 5.69 Å². The average molecular weight is 360 g/mol. The summed E-state index contributed by atoms with van der Waals surface area (Å²) in [5.41, 5.74) is 7.87. The molecule has 4 nitrogen and oxygen atoms in total. The van der Waals surface area contributed by atoms with Crippen molar-refractivity contribution >= 4 is 5.69 Å². The van der Waals surface area contributed by atoms with Crippen LogP contribution in [0.15, 0.2) is 66.9 Å². The summed E-state index contributed by atoms with van der Waals surface area (Å²) in [6.07, 6.45) is -3.21. The van der Waals surface area contributed by atoms with Crippen LogP contribution in [-0.2, 0) is 6.61 Å². The van der Waals surface area contributed by atoms with Crippen LogP contribution in [0.25, 0.3) is 11.1 Å². The zero-order chi connectivity index (χ0) is 18.6. The van der Waals surface area contributed by atoms with Gasteiger partial charge in [0.05, 0.1) is 5.69 Å². The van der Waals surface area contributed by atoms with E-state index in [4.69, 9.17) is 10.5 Å². The molecular formula is C19H15F3N2O2. The molecule has 0 bridgehead atoms. The molecule has 0 aliphatic carbocycles. The molecule has 2 aromatic carbocycles. The van der Waals surface area contributed by atoms with Crippen molar-refractivity contribution in [2.45, 2.75) is 13.0 Å². The van der Waals surface area contributed by atoms with E-state index in [0.29, 0.717) is 23.6 Å². The first kappa shape index (κ1) is 17.6. The van der Waals surface area contributed by atoms with Gasteiger partial charge in [0.15, 0.2) is 5.75 Å². The first-order valence-corrected chi connectivity index (χ1v) is 7.69. The number of ether oxygens (including phenoxy) is 2. The quantitative estimate of drug-likeness (QED) is 0.664. The minimum absolute atomic E-state index is 0.107. The van der Waals surface area contributed by atoms with E-state index in [1.807, 2.05) is 30.3 Å². The van der Waals surface area contributed by atoms with Crippen molar-refractivity contribution in [3.63, 3.8) is 0 Å². The molecule has 1 heterocycles. The molecule has 0 saturated carbocycles. The third kappa shape index (κ3) is 4.66. The second kappa shape index (κ2) is 7.35. The lowest BCUT2D eigenvalue weighted by Crippen LogP contribution is -2.17. The van der Waals surface area contributed by atoms with Crippen molar-refractivity contribution in [1.82, 2.24) is 4.98 Å². The van der Waals surface area contributed by atoms with Crippen molar-refractivity contribution < 1.29 is 22.6 Å². The number of rotatable bonds is 5. The number of hydrogen-bond donors (Lipinski definition) is 1. The van der Waals surface area contributed by atoms with Gasteiger partial charge in [-0.1, -0.05) is 36.4 Å². The molecule has 3 aromatic rings. The number of benzene rings is 2. The maximum absolute atomic E-state index is 12.3. The summed E-state index contributed by atoms with van der Waals surface area (Å²) in [5.74, 6) is 0.0135. The highest BCUT2D eigenvalue weighted by molar-refractivity contribution is 5.70. The minimum Gasteiger partial charge on any atom is -0.473 e. The number of nitrogen functional groups attached to an aromatic ring is 1. The van der Waals surface area contributed by atoms with Gasteiger partial charge in [0.25, 0.3) is 0 Å². The van der Waals surface area contributed by atoms with Gasteiger partial charge >= 0.3 is 6.36 Å². The Morgan fingerprint density at radius 3 is 2.27 bits per heavy atom. The molecule has 1 aromatic heterocycles. The maximum Gasteiger partial charge on any atom is 0.573 e. The number of aromatic nitrogens is 1. The number of nitrogens with two attached hydrogens (primary N) is 1. The normalized spacial score (nSPS) is 11.2. The fourth-order valence-corrected chi connectivity index (χ4v) is 2.31. The van der Waals surface area contributed by atoms with Gasteiger partial charge in [0, 0.05) is 17.8 Å². The summed E-state index contributed by atoms with van der Waals surface area (Å²) < 4.78 is 46.3. The van der Waals surface area contributed by atoms with Crippen molar-refractivity contribution in [2.75, 3.05) is 5.73 Å². The van der Waals surface area contributed by atoms with E-state index in [9.17, 15) is 13.2 Å². The van der Waals surface area contributed by atoms with Crippen LogP contribution in [0.2, 0.25) is 0 Å². The summed E-state index contributed by atoms with van der Waals surface area (Å²) in [6.45, 7) is 0.392. The Balaban J connectivity index is 1.69. The molecule has 0 radical (unpaired) electrons. The van der Waals surface area contributed by atoms with Crippen LogP contribution in [0.1, 0.15) is 5.56 Å². The molecule has 0 unspecified atom stereocenters. The van der Waals surface area contributed by atoms with Gasteiger partial charge in [-0.05, 0) is 29.3 Å². The van der Waals surface area contributed by atoms with Gasteiger partial charge in [-0.3, -0.25) is 0 Å². The maximum atomic E-state index is 12.3. The van der Waals surface area contributed by atoms with Crippen LogP contribution in [0, 0.1) is 0 Å². The van der Waals surface area contributed by atoms with Crippen LogP contribution in [0.3, 0.4) is 0 Å². The van der Waals surface area contributed by atoms with E-state index >= 15 is 0 Å². The lowest BCUT2D eigenvalue weighted by atomic mass is 10.1. The SMILES string of the molecule is Nc1cc(-c2ccc(OCc3ccccc3)nc2)ccc1OC(F)(F)F. The second-order valence-corrected chi connectivity index (χ2v) is 5.46. The van der Waals surface area contributed by atoms with Crippen LogP contribution in [-0.4, -0.2) is 11.3 Å². The van der Waals surface area contributed by atoms with Crippen LogP contribution < -0.4 is 15.2 Å². The smallest absolute Gasteiger partial charge is 0.473 e. The van der Waals surface area contributed by atoms with Gasteiger partial charge in [0.2, 0.25) is 5.88 Å². The molecule has 0 aliphatic rings. The predicted octanol–water partition coefficient (Wildman–Crippen LogP) is 4.81. The zero-order valence-corrected chi connectivity index (χ0v) is 13.5. The Kier molecular flexibility index (Phi) is 4.97. The predicted molar refractivity (Wildman–Crippen MR) is 91.5 cm³/mol. The minimum atomic E-state index is -4.78. The Hall–Kier alpha value is -3.22. The van der Waals surface area contributed by atoms with Crippen LogP contribution in [0.5, 0.6) is 11.6 Å². The number of hydrogen-bond acceptors (Lipinski definition) is 4. The molecule has 0 atom stereocenters. The molecule has 0 saturated heterocycles. The van der Waals surface area contributed by atoms with E-state index in [0.717, 1.165) is 5.56 Å². The lowest BCUT2D eigenvalue weighted by Gasteiger charge is -2.12. The van der Waals surface area contributed by atoms with Crippen molar-refractivity contribution in [3.05, 3.63) is 72.4 Å². The summed E-state index contributed by atoms with van der Waals surface area (Å²) in [7, 11) is 0. The van der Waals surface area contributed by atoms with Crippen molar-refractivity contribution in [3.8, 4) is 22.8 Å². The van der Waals surface area contributed by atoms with Crippen molar-refractivity contribution in [1.29, 1.82) is 0 Å². The summed E-state index contributed by atoms with van der Waals surface area (Å²) in [4.78, 5) is 4.21. The molecular weight excluding hydrogens is 345 g/mol. The molecule has 2 N–H and O–H groups in total. The number of nitrogens with zero attached hydrogens (tertiary/aromatic N) is 1. The number of anilines is 1. The molecule has 7 heteroatoms. The Morgan fingerprint density at radius 1 is 0.923 bits per heavy atom. The summed E-state index contributed by atoms with van der Waals surface area (Å²) in [5, 5.41) is 0. The molecule has 26 heavy (non-hydrogen) atoms. The number of pyridine rings is 1. The third-order valence-corrected chi connectivity index (χ3v) is 3.53. The van der Waals surface area contributed by atoms with E-state index in [1.165, 1.54) is 18.2 Å². The fourth-order valence-electron chi connectivity index (χ4n) is 2.31. The highest BCUT2D eigenvalue weighted by atomic mass is 19.4. The van der Waals surface area contributed by atoms with Crippen LogP contribution in [0.4, 0.5) is 18.9 Å². The molecule has 134 valence electrons. The Labute approximate surface area is 148 Å². The zero-order valence-electron chi connectivity index (χ0n) is 13.5. The molecule has 0 aliphatic heterocycles. The average Bonchev–Trinajstić information content (AvgIpc) is 2.62. The van der Waals surface area contributed by atoms with Gasteiger partial charge in [-0.15, -0.1) is 13.2 Å².